The summed E-state index contributed by atoms with van der Waals surface area (Å²) in [6.07, 6.45) is 3.22. The molecule has 0 heterocycles. The number of hydrogen-bond donors (Lipinski definition) is 1. The van der Waals surface area contributed by atoms with Gasteiger partial charge in [-0.15, -0.1) is 0 Å². The molecule has 4 heteroatoms. The third-order valence-corrected chi connectivity index (χ3v) is 5.01. The third kappa shape index (κ3) is 3.39. The van der Waals surface area contributed by atoms with E-state index in [1.165, 1.54) is 6.07 Å². The number of nitrogens with one attached hydrogen (secondary N) is 1. The lowest BCUT2D eigenvalue weighted by Gasteiger charge is -2.28. The van der Waals surface area contributed by atoms with Crippen LogP contribution in [0.3, 0.4) is 0 Å². The molecule has 3 rings (SSSR count). The van der Waals surface area contributed by atoms with Gasteiger partial charge in [0.05, 0.1) is 12.0 Å². The Balaban J connectivity index is 1.88. The fourth-order valence-corrected chi connectivity index (χ4v) is 3.74. The Morgan fingerprint density at radius 3 is 2.56 bits per heavy atom. The van der Waals surface area contributed by atoms with E-state index in [1.54, 1.807) is 18.2 Å². The lowest BCUT2D eigenvalue weighted by molar-refractivity contribution is -0.121. The highest BCUT2D eigenvalue weighted by atomic mass is 19.1. The largest absolute Gasteiger partial charge is 0.494 e. The topological polar surface area (TPSA) is 38.3 Å². The van der Waals surface area contributed by atoms with Crippen molar-refractivity contribution in [2.75, 3.05) is 11.9 Å². The smallest absolute Gasteiger partial charge is 0.235 e. The van der Waals surface area contributed by atoms with E-state index in [9.17, 15) is 9.18 Å². The first kappa shape index (κ1) is 17.5. The molecule has 0 aromatic heterocycles. The van der Waals surface area contributed by atoms with Crippen molar-refractivity contribution in [3.05, 3.63) is 59.4 Å². The van der Waals surface area contributed by atoms with Crippen LogP contribution in [0, 0.1) is 12.7 Å². The van der Waals surface area contributed by atoms with E-state index in [0.29, 0.717) is 30.7 Å². The van der Waals surface area contributed by atoms with Crippen molar-refractivity contribution in [3.63, 3.8) is 0 Å². The quantitative estimate of drug-likeness (QED) is 0.832. The first-order valence-electron chi connectivity index (χ1n) is 8.87. The van der Waals surface area contributed by atoms with Gasteiger partial charge in [-0.05, 0) is 56.5 Å². The van der Waals surface area contributed by atoms with Crippen LogP contribution in [-0.2, 0) is 10.2 Å². The molecule has 0 aliphatic heterocycles. The number of anilines is 1. The first-order chi connectivity index (χ1) is 12.1. The summed E-state index contributed by atoms with van der Waals surface area (Å²) in [5, 5.41) is 3.00. The molecule has 132 valence electrons. The van der Waals surface area contributed by atoms with Crippen molar-refractivity contribution in [1.82, 2.24) is 0 Å². The Kier molecular flexibility index (Phi) is 5.07. The molecule has 1 fully saturated rings. The number of rotatable bonds is 5. The number of carbonyl (C=O) groups is 1. The van der Waals surface area contributed by atoms with Crippen molar-refractivity contribution >= 4 is 11.6 Å². The molecule has 1 aliphatic rings. The molecular weight excluding hydrogens is 317 g/mol. The molecule has 3 nitrogen and oxygen atoms in total. The molecule has 1 saturated carbocycles. The number of aryl methyl sites for hydroxylation is 1. The van der Waals surface area contributed by atoms with Crippen LogP contribution in [0.1, 0.15) is 43.7 Å². The molecule has 0 saturated heterocycles. The van der Waals surface area contributed by atoms with Gasteiger partial charge in [0.1, 0.15) is 11.6 Å². The van der Waals surface area contributed by atoms with E-state index in [0.717, 1.165) is 24.2 Å². The molecule has 1 amide bonds. The third-order valence-electron chi connectivity index (χ3n) is 5.01. The van der Waals surface area contributed by atoms with Gasteiger partial charge in [0.25, 0.3) is 0 Å². The lowest BCUT2D eigenvalue weighted by atomic mass is 9.77. The predicted octanol–water partition coefficient (Wildman–Crippen LogP) is 4.98. The monoisotopic (exact) mass is 341 g/mol. The average Bonchev–Trinajstić information content (AvgIpc) is 3.09. The molecule has 1 N–H and O–H groups in total. The number of benzene rings is 2. The number of hydrogen-bond acceptors (Lipinski definition) is 2. The van der Waals surface area contributed by atoms with Gasteiger partial charge in [-0.25, -0.2) is 4.39 Å². The van der Waals surface area contributed by atoms with Crippen molar-refractivity contribution in [2.24, 2.45) is 0 Å². The van der Waals surface area contributed by atoms with Crippen LogP contribution < -0.4 is 10.1 Å². The zero-order valence-corrected chi connectivity index (χ0v) is 14.8. The van der Waals surface area contributed by atoms with Crippen LogP contribution in [0.5, 0.6) is 5.75 Å². The van der Waals surface area contributed by atoms with Gasteiger partial charge in [0, 0.05) is 11.3 Å². The summed E-state index contributed by atoms with van der Waals surface area (Å²) >= 11 is 0. The standard InChI is InChI=1S/C21H24FNO2/c1-3-25-19-11-10-16(14-15(19)2)23-20(24)21(12-6-7-13-21)17-8-4-5-9-18(17)22/h4-5,8-11,14H,3,6-7,12-13H2,1-2H3,(H,23,24). The zero-order chi connectivity index (χ0) is 17.9. The highest BCUT2D eigenvalue weighted by Crippen LogP contribution is 2.43. The van der Waals surface area contributed by atoms with Crippen LogP contribution in [0.4, 0.5) is 10.1 Å². The average molecular weight is 341 g/mol. The minimum atomic E-state index is -0.780. The Morgan fingerprint density at radius 2 is 1.92 bits per heavy atom. The summed E-state index contributed by atoms with van der Waals surface area (Å²) in [6, 6.07) is 12.2. The van der Waals surface area contributed by atoms with Crippen LogP contribution in [0.25, 0.3) is 0 Å². The van der Waals surface area contributed by atoms with Crippen LogP contribution in [0.15, 0.2) is 42.5 Å². The van der Waals surface area contributed by atoms with Crippen LogP contribution in [-0.4, -0.2) is 12.5 Å². The maximum atomic E-state index is 14.4. The van der Waals surface area contributed by atoms with Gasteiger partial charge in [0.2, 0.25) is 5.91 Å². The van der Waals surface area contributed by atoms with Crippen molar-refractivity contribution in [2.45, 2.75) is 44.9 Å². The molecule has 0 radical (unpaired) electrons. The van der Waals surface area contributed by atoms with Gasteiger partial charge >= 0.3 is 0 Å². The van der Waals surface area contributed by atoms with E-state index in [4.69, 9.17) is 4.74 Å². The molecule has 0 bridgehead atoms. The lowest BCUT2D eigenvalue weighted by Crippen LogP contribution is -2.38. The SMILES string of the molecule is CCOc1ccc(NC(=O)C2(c3ccccc3F)CCCC2)cc1C. The molecule has 2 aromatic carbocycles. The van der Waals surface area contributed by atoms with E-state index < -0.39 is 5.41 Å². The molecule has 0 unspecified atom stereocenters. The molecule has 2 aromatic rings. The Bertz CT molecular complexity index is 766. The summed E-state index contributed by atoms with van der Waals surface area (Å²) in [7, 11) is 0. The van der Waals surface area contributed by atoms with Crippen LogP contribution in [0.2, 0.25) is 0 Å². The van der Waals surface area contributed by atoms with E-state index in [-0.39, 0.29) is 11.7 Å². The number of ether oxygens (including phenoxy) is 1. The fraction of sp³-hybridized carbons (Fsp3) is 0.381. The summed E-state index contributed by atoms with van der Waals surface area (Å²) in [6.45, 7) is 4.49. The van der Waals surface area contributed by atoms with Crippen molar-refractivity contribution in [3.8, 4) is 5.75 Å². The van der Waals surface area contributed by atoms with Crippen molar-refractivity contribution in [1.29, 1.82) is 0 Å². The van der Waals surface area contributed by atoms with Gasteiger partial charge in [-0.3, -0.25) is 4.79 Å². The molecule has 25 heavy (non-hydrogen) atoms. The van der Waals surface area contributed by atoms with Gasteiger partial charge in [-0.1, -0.05) is 31.0 Å². The normalized spacial score (nSPS) is 15.8. The second-order valence-corrected chi connectivity index (χ2v) is 6.64. The number of amides is 1. The summed E-state index contributed by atoms with van der Waals surface area (Å²) in [5.74, 6) is 0.381. The highest BCUT2D eigenvalue weighted by molar-refractivity contribution is 5.99. The fourth-order valence-electron chi connectivity index (χ4n) is 3.74. The number of carbonyl (C=O) groups excluding carboxylic acids is 1. The molecular formula is C21H24FNO2. The van der Waals surface area contributed by atoms with Gasteiger partial charge < -0.3 is 10.1 Å². The minimum Gasteiger partial charge on any atom is -0.494 e. The zero-order valence-electron chi connectivity index (χ0n) is 14.8. The maximum Gasteiger partial charge on any atom is 0.235 e. The first-order valence-corrected chi connectivity index (χ1v) is 8.87. The number of halogens is 1. The molecule has 0 atom stereocenters. The Morgan fingerprint density at radius 1 is 1.20 bits per heavy atom. The second kappa shape index (κ2) is 7.26. The van der Waals surface area contributed by atoms with E-state index in [2.05, 4.69) is 5.32 Å². The predicted molar refractivity (Wildman–Crippen MR) is 97.5 cm³/mol. The minimum absolute atomic E-state index is 0.126. The summed E-state index contributed by atoms with van der Waals surface area (Å²) < 4.78 is 19.9. The summed E-state index contributed by atoms with van der Waals surface area (Å²) in [4.78, 5) is 13.1. The highest BCUT2D eigenvalue weighted by Gasteiger charge is 2.44. The second-order valence-electron chi connectivity index (χ2n) is 6.64. The summed E-state index contributed by atoms with van der Waals surface area (Å²) in [5.41, 5.74) is 1.41. The van der Waals surface area contributed by atoms with Gasteiger partial charge in [0.15, 0.2) is 0 Å². The van der Waals surface area contributed by atoms with Gasteiger partial charge in [-0.2, -0.15) is 0 Å². The Labute approximate surface area is 148 Å². The van der Waals surface area contributed by atoms with E-state index in [1.807, 2.05) is 32.0 Å². The van der Waals surface area contributed by atoms with Crippen LogP contribution >= 0.6 is 0 Å². The van der Waals surface area contributed by atoms with Crippen molar-refractivity contribution < 1.29 is 13.9 Å². The molecule has 1 aliphatic carbocycles. The maximum absolute atomic E-state index is 14.4. The Hall–Kier alpha value is -2.36. The molecule has 0 spiro atoms. The van der Waals surface area contributed by atoms with E-state index >= 15 is 0 Å².